The third-order valence-corrected chi connectivity index (χ3v) is 6.23. The molecular weight excluding hydrogens is 462 g/mol. The van der Waals surface area contributed by atoms with E-state index < -0.39 is 55.1 Å². The first-order valence-corrected chi connectivity index (χ1v) is 12.0. The van der Waals surface area contributed by atoms with E-state index in [4.69, 9.17) is 4.74 Å². The second-order valence-corrected chi connectivity index (χ2v) is 10.5. The van der Waals surface area contributed by atoms with Gasteiger partial charge in [-0.1, -0.05) is 42.0 Å². The van der Waals surface area contributed by atoms with E-state index in [1.54, 1.807) is 20.8 Å². The molecule has 2 rings (SSSR count). The normalized spacial score (nSPS) is 13.6. The predicted octanol–water partition coefficient (Wildman–Crippen LogP) is 2.64. The fourth-order valence-corrected chi connectivity index (χ4v) is 4.38. The van der Waals surface area contributed by atoms with E-state index in [0.29, 0.717) is 0 Å². The van der Waals surface area contributed by atoms with E-state index in [1.807, 2.05) is 31.2 Å². The molecule has 0 bridgehead atoms. The summed E-state index contributed by atoms with van der Waals surface area (Å²) in [5.41, 5.74) is 0.385. The highest BCUT2D eigenvalue weighted by Crippen LogP contribution is 2.23. The Labute approximate surface area is 198 Å². The molecule has 34 heavy (non-hydrogen) atoms. The molecule has 0 aliphatic carbocycles. The monoisotopic (exact) mass is 491 g/mol. The lowest BCUT2D eigenvalue weighted by Crippen LogP contribution is -2.52. The molecule has 0 unspecified atom stereocenters. The van der Waals surface area contributed by atoms with E-state index in [9.17, 15) is 28.1 Å². The number of hydrogen-bond donors (Lipinski definition) is 2. The number of nitro groups is 1. The number of carbonyl (C=O) groups is 2. The molecule has 0 spiro atoms. The van der Waals surface area contributed by atoms with Gasteiger partial charge in [0.1, 0.15) is 11.6 Å². The lowest BCUT2D eigenvalue weighted by atomic mass is 10.0. The minimum absolute atomic E-state index is 0.130. The molecule has 1 amide bonds. The van der Waals surface area contributed by atoms with Crippen molar-refractivity contribution in [3.63, 3.8) is 0 Å². The fraction of sp³-hybridized carbons (Fsp3) is 0.391. The second-order valence-electron chi connectivity index (χ2n) is 8.85. The summed E-state index contributed by atoms with van der Waals surface area (Å²) in [4.78, 5) is 35.4. The van der Waals surface area contributed by atoms with E-state index in [2.05, 4.69) is 10.0 Å². The lowest BCUT2D eigenvalue weighted by Gasteiger charge is -2.25. The van der Waals surface area contributed by atoms with Crippen molar-refractivity contribution in [2.24, 2.45) is 0 Å². The molecule has 0 heterocycles. The van der Waals surface area contributed by atoms with Gasteiger partial charge in [-0.2, -0.15) is 4.72 Å². The first kappa shape index (κ1) is 26.9. The number of amides is 1. The zero-order chi connectivity index (χ0) is 25.7. The molecule has 0 saturated carbocycles. The molecule has 0 aliphatic rings. The van der Waals surface area contributed by atoms with Crippen LogP contribution in [0.15, 0.2) is 53.4 Å². The van der Waals surface area contributed by atoms with Crippen LogP contribution in [0.2, 0.25) is 0 Å². The smallest absolute Gasteiger partial charge is 0.329 e. The number of esters is 1. The van der Waals surface area contributed by atoms with Crippen molar-refractivity contribution in [3.05, 3.63) is 69.8 Å². The maximum absolute atomic E-state index is 12.8. The van der Waals surface area contributed by atoms with Crippen LogP contribution in [0.5, 0.6) is 0 Å². The third-order valence-electron chi connectivity index (χ3n) is 4.64. The van der Waals surface area contributed by atoms with Gasteiger partial charge < -0.3 is 10.1 Å². The van der Waals surface area contributed by atoms with Gasteiger partial charge in [0.25, 0.3) is 5.69 Å². The summed E-state index contributed by atoms with van der Waals surface area (Å²) in [7, 11) is -4.40. The van der Waals surface area contributed by atoms with Crippen LogP contribution < -0.4 is 10.0 Å². The van der Waals surface area contributed by atoms with E-state index in [-0.39, 0.29) is 6.42 Å². The standard InChI is InChI=1S/C23H29N3O7S/c1-15-10-12-17(13-11-15)14-18(22(28)33-23(3,4)5)24-21(27)16(2)25-34(31,32)20-9-7-6-8-19(20)26(29)30/h6-13,16,18,25H,14H2,1-5H3,(H,24,27)/t16-,18-/m0/s1. The Balaban J connectivity index is 2.22. The molecule has 2 aromatic rings. The van der Waals surface area contributed by atoms with Gasteiger partial charge in [0, 0.05) is 12.5 Å². The molecule has 11 heteroatoms. The van der Waals surface area contributed by atoms with Gasteiger partial charge >= 0.3 is 5.97 Å². The Kier molecular flexibility index (Phi) is 8.51. The molecule has 184 valence electrons. The van der Waals surface area contributed by atoms with Crippen LogP contribution in [0.3, 0.4) is 0 Å². The highest BCUT2D eigenvalue weighted by atomic mass is 32.2. The number of sulfonamides is 1. The predicted molar refractivity (Wildman–Crippen MR) is 126 cm³/mol. The highest BCUT2D eigenvalue weighted by molar-refractivity contribution is 7.89. The van der Waals surface area contributed by atoms with E-state index >= 15 is 0 Å². The van der Waals surface area contributed by atoms with Crippen molar-refractivity contribution in [1.29, 1.82) is 0 Å². The number of nitrogens with one attached hydrogen (secondary N) is 2. The zero-order valence-corrected chi connectivity index (χ0v) is 20.5. The SMILES string of the molecule is Cc1ccc(C[C@H](NC(=O)[C@H](C)NS(=O)(=O)c2ccccc2[N+](=O)[O-])C(=O)OC(C)(C)C)cc1. The molecule has 0 radical (unpaired) electrons. The van der Waals surface area contributed by atoms with Crippen molar-refractivity contribution < 1.29 is 27.7 Å². The van der Waals surface area contributed by atoms with Crippen LogP contribution in [0.25, 0.3) is 0 Å². The summed E-state index contributed by atoms with van der Waals surface area (Å²) in [5, 5.41) is 13.7. The molecule has 0 fully saturated rings. The third kappa shape index (κ3) is 7.63. The number of benzene rings is 2. The number of aryl methyl sites for hydroxylation is 1. The number of hydrogen-bond acceptors (Lipinski definition) is 7. The van der Waals surface area contributed by atoms with Crippen LogP contribution in [0.4, 0.5) is 5.69 Å². The van der Waals surface area contributed by atoms with Crippen molar-refractivity contribution in [2.45, 2.75) is 63.6 Å². The van der Waals surface area contributed by atoms with Gasteiger partial charge in [-0.3, -0.25) is 14.9 Å². The maximum Gasteiger partial charge on any atom is 0.329 e. The quantitative estimate of drug-likeness (QED) is 0.312. The van der Waals surface area contributed by atoms with E-state index in [1.165, 1.54) is 19.1 Å². The molecular formula is C23H29N3O7S. The molecule has 10 nitrogen and oxygen atoms in total. The summed E-state index contributed by atoms with van der Waals surface area (Å²) in [5.74, 6) is -1.46. The Morgan fingerprint density at radius 2 is 1.68 bits per heavy atom. The van der Waals surface area contributed by atoms with Gasteiger partial charge in [-0.25, -0.2) is 13.2 Å². The topological polar surface area (TPSA) is 145 Å². The number of para-hydroxylation sites is 1. The molecule has 0 aliphatic heterocycles. The summed E-state index contributed by atoms with van der Waals surface area (Å²) >= 11 is 0. The summed E-state index contributed by atoms with van der Waals surface area (Å²) in [6.45, 7) is 8.28. The zero-order valence-electron chi connectivity index (χ0n) is 19.7. The van der Waals surface area contributed by atoms with Crippen LogP contribution in [-0.2, 0) is 30.8 Å². The summed E-state index contributed by atoms with van der Waals surface area (Å²) in [6, 6.07) is 9.78. The minimum atomic E-state index is -4.40. The van der Waals surface area contributed by atoms with Crippen LogP contribution in [0, 0.1) is 17.0 Å². The highest BCUT2D eigenvalue weighted by Gasteiger charge is 2.32. The molecule has 2 atom stereocenters. The van der Waals surface area contributed by atoms with Crippen molar-refractivity contribution in [3.8, 4) is 0 Å². The van der Waals surface area contributed by atoms with Crippen LogP contribution in [-0.4, -0.2) is 42.9 Å². The van der Waals surface area contributed by atoms with Gasteiger partial charge in [0.2, 0.25) is 15.9 Å². The van der Waals surface area contributed by atoms with Crippen molar-refractivity contribution in [2.75, 3.05) is 0 Å². The van der Waals surface area contributed by atoms with Gasteiger partial charge in [-0.05, 0) is 46.2 Å². The average Bonchev–Trinajstić information content (AvgIpc) is 2.73. The first-order chi connectivity index (χ1) is 15.7. The van der Waals surface area contributed by atoms with Gasteiger partial charge in [0.15, 0.2) is 4.90 Å². The number of rotatable bonds is 9. The molecule has 0 aromatic heterocycles. The first-order valence-electron chi connectivity index (χ1n) is 10.5. The number of carbonyl (C=O) groups excluding carboxylic acids is 2. The summed E-state index contributed by atoms with van der Waals surface area (Å²) < 4.78 is 33.0. The Morgan fingerprint density at radius 3 is 2.24 bits per heavy atom. The Morgan fingerprint density at radius 1 is 1.09 bits per heavy atom. The Bertz CT molecular complexity index is 1160. The van der Waals surface area contributed by atoms with E-state index in [0.717, 1.165) is 23.3 Å². The largest absolute Gasteiger partial charge is 0.458 e. The minimum Gasteiger partial charge on any atom is -0.458 e. The van der Waals surface area contributed by atoms with Crippen molar-refractivity contribution >= 4 is 27.6 Å². The van der Waals surface area contributed by atoms with Crippen LogP contribution >= 0.6 is 0 Å². The summed E-state index contributed by atoms with van der Waals surface area (Å²) in [6.07, 6.45) is 0.130. The van der Waals surface area contributed by atoms with Crippen molar-refractivity contribution in [1.82, 2.24) is 10.0 Å². The molecule has 2 aromatic carbocycles. The Hall–Kier alpha value is -3.31. The fourth-order valence-electron chi connectivity index (χ4n) is 3.01. The lowest BCUT2D eigenvalue weighted by molar-refractivity contribution is -0.387. The maximum atomic E-state index is 12.8. The molecule has 0 saturated heterocycles. The average molecular weight is 492 g/mol. The van der Waals surface area contributed by atoms with Gasteiger partial charge in [-0.15, -0.1) is 0 Å². The molecule has 2 N–H and O–H groups in total. The number of ether oxygens (including phenoxy) is 1. The number of nitro benzene ring substituents is 1. The number of nitrogens with zero attached hydrogens (tertiary/aromatic N) is 1. The van der Waals surface area contributed by atoms with Gasteiger partial charge in [0.05, 0.1) is 11.0 Å². The van der Waals surface area contributed by atoms with Crippen LogP contribution in [0.1, 0.15) is 38.8 Å². The second kappa shape index (κ2) is 10.7.